The van der Waals surface area contributed by atoms with Gasteiger partial charge in [-0.3, -0.25) is 15.0 Å². The van der Waals surface area contributed by atoms with Gasteiger partial charge in [0.05, 0.1) is 17.1 Å². The second-order valence-electron chi connectivity index (χ2n) is 21.8. The van der Waals surface area contributed by atoms with Crippen molar-refractivity contribution in [2.45, 2.75) is 27.7 Å². The van der Waals surface area contributed by atoms with Crippen molar-refractivity contribution in [3.8, 4) is 123 Å². The van der Waals surface area contributed by atoms with E-state index in [1.54, 1.807) is 0 Å². The van der Waals surface area contributed by atoms with Gasteiger partial charge >= 0.3 is 0 Å². The molecule has 0 saturated carbocycles. The first-order valence-electron chi connectivity index (χ1n) is 28.4. The topological polar surface area (TPSA) is 51.8 Å². The van der Waals surface area contributed by atoms with Crippen LogP contribution in [0.2, 0.25) is 0 Å². The number of aromatic nitrogens is 3. The minimum absolute atomic E-state index is 0.884. The molecule has 0 atom stereocenters. The maximum Gasteiger partial charge on any atom is 0.136 e. The summed E-state index contributed by atoms with van der Waals surface area (Å²) in [7, 11) is 0. The van der Waals surface area contributed by atoms with E-state index < -0.39 is 0 Å². The van der Waals surface area contributed by atoms with E-state index in [9.17, 15) is 0 Å². The zero-order chi connectivity index (χ0) is 56.0. The van der Waals surface area contributed by atoms with Gasteiger partial charge in [-0.15, -0.1) is 0 Å². The summed E-state index contributed by atoms with van der Waals surface area (Å²) in [6, 6.07) is 92.4. The van der Waals surface area contributed by atoms with Gasteiger partial charge in [0, 0.05) is 46.1 Å². The maximum atomic E-state index is 6.33. The Hall–Kier alpha value is -10.6. The third-order valence-electron chi connectivity index (χ3n) is 16.6. The van der Waals surface area contributed by atoms with E-state index in [4.69, 9.17) is 19.4 Å². The smallest absolute Gasteiger partial charge is 0.136 e. The molecule has 14 rings (SSSR count). The zero-order valence-electron chi connectivity index (χ0n) is 46.7. The fourth-order valence-corrected chi connectivity index (χ4v) is 11.7. The van der Waals surface area contributed by atoms with Gasteiger partial charge in [0.25, 0.3) is 0 Å². The average molecular weight is 1060 g/mol. The van der Waals surface area contributed by atoms with Crippen molar-refractivity contribution in [1.29, 1.82) is 0 Å². The fourth-order valence-electron chi connectivity index (χ4n) is 11.7. The number of aryl methyl sites for hydroxylation is 4. The number of hydrogen-bond donors (Lipinski definition) is 0. The molecule has 394 valence electrons. The van der Waals surface area contributed by atoms with Gasteiger partial charge in [0.15, 0.2) is 0 Å². The molecule has 0 bridgehead atoms. The normalized spacial score (nSPS) is 11.4. The van der Waals surface area contributed by atoms with Crippen molar-refractivity contribution < 1.29 is 4.42 Å². The maximum absolute atomic E-state index is 6.33. The van der Waals surface area contributed by atoms with Crippen molar-refractivity contribution in [1.82, 2.24) is 15.0 Å². The number of fused-ring (bicyclic) bond motifs is 3. The first-order chi connectivity index (χ1) is 40.8. The van der Waals surface area contributed by atoms with Crippen LogP contribution in [0.4, 0.5) is 0 Å². The highest BCUT2D eigenvalue weighted by atomic mass is 16.3. The Balaban J connectivity index is 0.915. The SMILES string of the molecule is Cc1cnc(-c2ccc(-c3ccccc3-c3cc(-c4ccccc4-c4ccc(-c5cc(C)c(C)cn5)cc4)cc(-c4ccccc4-c4ccc(-c5ccccn5)cc4-c4ccc(-c5ccc6c(c5)oc5ccccc56)cc4)c3)cc2)cc1C. The summed E-state index contributed by atoms with van der Waals surface area (Å²) in [5.41, 5.74) is 30.8. The molecule has 14 aromatic rings. The van der Waals surface area contributed by atoms with Crippen LogP contribution in [0.15, 0.2) is 278 Å². The molecule has 0 saturated heterocycles. The van der Waals surface area contributed by atoms with Gasteiger partial charge in [-0.25, -0.2) is 0 Å². The van der Waals surface area contributed by atoms with Gasteiger partial charge in [-0.2, -0.15) is 0 Å². The number of pyridine rings is 3. The van der Waals surface area contributed by atoms with Gasteiger partial charge < -0.3 is 4.42 Å². The highest BCUT2D eigenvalue weighted by Crippen LogP contribution is 2.45. The van der Waals surface area contributed by atoms with Crippen LogP contribution in [0.1, 0.15) is 22.3 Å². The lowest BCUT2D eigenvalue weighted by Crippen LogP contribution is -1.94. The zero-order valence-corrected chi connectivity index (χ0v) is 46.7. The summed E-state index contributed by atoms with van der Waals surface area (Å²) in [4.78, 5) is 14.4. The van der Waals surface area contributed by atoms with Gasteiger partial charge in [-0.05, 0) is 206 Å². The van der Waals surface area contributed by atoms with Gasteiger partial charge in [0.2, 0.25) is 0 Å². The highest BCUT2D eigenvalue weighted by molar-refractivity contribution is 6.06. The number of rotatable bonds is 11. The predicted octanol–water partition coefficient (Wildman–Crippen LogP) is 21.3. The molecule has 0 aliphatic rings. The molecular formula is C79H57N3O. The third kappa shape index (κ3) is 9.81. The van der Waals surface area contributed by atoms with Crippen molar-refractivity contribution >= 4 is 21.9 Å². The van der Waals surface area contributed by atoms with Crippen LogP contribution in [-0.4, -0.2) is 15.0 Å². The van der Waals surface area contributed by atoms with Gasteiger partial charge in [-0.1, -0.05) is 188 Å². The van der Waals surface area contributed by atoms with Crippen LogP contribution < -0.4 is 0 Å². The summed E-state index contributed by atoms with van der Waals surface area (Å²) >= 11 is 0. The first-order valence-corrected chi connectivity index (χ1v) is 28.4. The van der Waals surface area contributed by atoms with Gasteiger partial charge in [0.1, 0.15) is 11.2 Å². The number of furan rings is 1. The molecule has 4 nitrogen and oxygen atoms in total. The van der Waals surface area contributed by atoms with Crippen LogP contribution in [-0.2, 0) is 0 Å². The largest absolute Gasteiger partial charge is 0.456 e. The number of hydrogen-bond acceptors (Lipinski definition) is 4. The number of para-hydroxylation sites is 1. The van der Waals surface area contributed by atoms with Crippen LogP contribution >= 0.6 is 0 Å². The molecule has 0 unspecified atom stereocenters. The summed E-state index contributed by atoms with van der Waals surface area (Å²) in [5.74, 6) is 0. The molecule has 0 aliphatic heterocycles. The van der Waals surface area contributed by atoms with E-state index in [-0.39, 0.29) is 0 Å². The van der Waals surface area contributed by atoms with Crippen LogP contribution in [0.3, 0.4) is 0 Å². The Morgan fingerprint density at radius 3 is 1.17 bits per heavy atom. The Morgan fingerprint density at radius 1 is 0.229 bits per heavy atom. The van der Waals surface area contributed by atoms with E-state index in [0.29, 0.717) is 0 Å². The highest BCUT2D eigenvalue weighted by Gasteiger charge is 2.20. The van der Waals surface area contributed by atoms with Crippen molar-refractivity contribution in [3.63, 3.8) is 0 Å². The molecule has 4 heteroatoms. The molecule has 10 aromatic carbocycles. The van der Waals surface area contributed by atoms with Crippen molar-refractivity contribution in [2.24, 2.45) is 0 Å². The lowest BCUT2D eigenvalue weighted by Gasteiger charge is -2.19. The monoisotopic (exact) mass is 1060 g/mol. The molecule has 0 spiro atoms. The molecule has 4 aromatic heterocycles. The Bertz CT molecular complexity index is 4590. The second kappa shape index (κ2) is 21.5. The molecule has 0 fully saturated rings. The Labute approximate surface area is 484 Å². The van der Waals surface area contributed by atoms with E-state index in [1.807, 2.05) is 36.8 Å². The second-order valence-corrected chi connectivity index (χ2v) is 21.8. The Morgan fingerprint density at radius 2 is 0.639 bits per heavy atom. The summed E-state index contributed by atoms with van der Waals surface area (Å²) in [6.07, 6.45) is 5.80. The quantitative estimate of drug-likeness (QED) is 0.130. The van der Waals surface area contributed by atoms with E-state index in [1.165, 1.54) is 22.3 Å². The molecule has 0 aliphatic carbocycles. The molecule has 4 heterocycles. The summed E-state index contributed by atoms with van der Waals surface area (Å²) in [5, 5.41) is 2.25. The number of benzene rings is 10. The van der Waals surface area contributed by atoms with Crippen LogP contribution in [0, 0.1) is 27.7 Å². The third-order valence-corrected chi connectivity index (χ3v) is 16.6. The number of nitrogens with zero attached hydrogens (tertiary/aromatic N) is 3. The molecule has 83 heavy (non-hydrogen) atoms. The van der Waals surface area contributed by atoms with Crippen LogP contribution in [0.5, 0.6) is 0 Å². The lowest BCUT2D eigenvalue weighted by molar-refractivity contribution is 0.669. The Kier molecular flexibility index (Phi) is 13.1. The molecular weight excluding hydrogens is 1010 g/mol. The van der Waals surface area contributed by atoms with Crippen molar-refractivity contribution in [2.75, 3.05) is 0 Å². The van der Waals surface area contributed by atoms with E-state index in [0.717, 1.165) is 145 Å². The minimum Gasteiger partial charge on any atom is -0.456 e. The van der Waals surface area contributed by atoms with E-state index >= 15 is 0 Å². The average Bonchev–Trinajstić information content (AvgIpc) is 3.94. The minimum atomic E-state index is 0.884. The van der Waals surface area contributed by atoms with Crippen molar-refractivity contribution in [3.05, 3.63) is 296 Å². The van der Waals surface area contributed by atoms with Crippen LogP contribution in [0.25, 0.3) is 145 Å². The predicted molar refractivity (Wildman–Crippen MR) is 346 cm³/mol. The van der Waals surface area contributed by atoms with E-state index in [2.05, 4.69) is 264 Å². The standard InChI is InChI=1S/C79H57N3O/c1-50-41-76(81-48-52(50)3)58-32-28-55(29-33-58)65-15-5-7-17-67(65)62-43-63(68-18-8-6-16-66(68)56-30-34-59(35-31-56)77-42-51(2)53(4)49-82-77)45-64(44-62)69-19-9-10-20-70(69)71-38-37-61(75-22-13-14-40-80-75)46-74(71)57-26-24-54(25-27-57)60-36-39-73-72-21-11-12-23-78(72)83-79(73)47-60/h5-49H,1-4H3. The molecule has 0 amide bonds. The summed E-state index contributed by atoms with van der Waals surface area (Å²) < 4.78 is 6.33. The lowest BCUT2D eigenvalue weighted by atomic mass is 9.84. The molecule has 0 radical (unpaired) electrons. The fraction of sp³-hybridized carbons (Fsp3) is 0.0506. The molecule has 0 N–H and O–H groups in total. The first kappa shape index (κ1) is 50.7. The summed E-state index contributed by atoms with van der Waals surface area (Å²) in [6.45, 7) is 8.51.